The maximum absolute atomic E-state index is 11.2. The number of nitrogens with zero attached hydrogens (tertiary/aromatic N) is 1. The first kappa shape index (κ1) is 19.9. The van der Waals surface area contributed by atoms with Crippen molar-refractivity contribution in [1.82, 2.24) is 4.90 Å². The molecule has 150 valence electrons. The lowest BCUT2D eigenvalue weighted by Gasteiger charge is -2.48. The zero-order valence-electron chi connectivity index (χ0n) is 17.4. The Morgan fingerprint density at radius 1 is 0.759 bits per heavy atom. The highest BCUT2D eigenvalue weighted by Crippen LogP contribution is 2.46. The van der Waals surface area contributed by atoms with Crippen LogP contribution >= 0.6 is 0 Å². The molecule has 2 nitrogen and oxygen atoms in total. The number of hydrogen-bond acceptors (Lipinski definition) is 2. The molecule has 1 aliphatic rings. The fraction of sp³-hybridized carbons (Fsp3) is 0.333. The summed E-state index contributed by atoms with van der Waals surface area (Å²) in [6, 6.07) is 32.5. The van der Waals surface area contributed by atoms with Crippen molar-refractivity contribution in [2.24, 2.45) is 5.92 Å². The Hall–Kier alpha value is -2.42. The minimum absolute atomic E-state index is 0.121. The predicted molar refractivity (Wildman–Crippen MR) is 120 cm³/mol. The fourth-order valence-corrected chi connectivity index (χ4v) is 5.04. The van der Waals surface area contributed by atoms with Gasteiger partial charge in [0.2, 0.25) is 0 Å². The first-order valence-corrected chi connectivity index (χ1v) is 10.8. The molecule has 0 aromatic heterocycles. The Morgan fingerprint density at radius 2 is 1.17 bits per heavy atom. The van der Waals surface area contributed by atoms with Crippen molar-refractivity contribution in [1.29, 1.82) is 0 Å². The van der Waals surface area contributed by atoms with E-state index < -0.39 is 5.54 Å². The third-order valence-electron chi connectivity index (χ3n) is 6.38. The minimum atomic E-state index is -0.430. The molecule has 29 heavy (non-hydrogen) atoms. The minimum Gasteiger partial charge on any atom is -0.391 e. The van der Waals surface area contributed by atoms with E-state index in [0.717, 1.165) is 19.4 Å². The molecule has 3 aromatic rings. The summed E-state index contributed by atoms with van der Waals surface area (Å²) in [4.78, 5) is 2.57. The Balaban J connectivity index is 2.01. The van der Waals surface area contributed by atoms with Crippen LogP contribution in [0, 0.1) is 5.92 Å². The lowest BCUT2D eigenvalue weighted by Crippen LogP contribution is -2.54. The van der Waals surface area contributed by atoms with E-state index in [1.54, 1.807) is 0 Å². The topological polar surface area (TPSA) is 23.5 Å². The van der Waals surface area contributed by atoms with E-state index in [1.807, 2.05) is 0 Å². The van der Waals surface area contributed by atoms with Crippen LogP contribution in [0.4, 0.5) is 0 Å². The number of aliphatic hydroxyl groups is 1. The molecular weight excluding hydrogens is 354 g/mol. The molecule has 0 spiro atoms. The lowest BCUT2D eigenvalue weighted by molar-refractivity contribution is 0.00828. The van der Waals surface area contributed by atoms with Crippen LogP contribution in [-0.2, 0) is 5.54 Å². The average Bonchev–Trinajstić information content (AvgIpc) is 3.26. The van der Waals surface area contributed by atoms with E-state index in [9.17, 15) is 5.11 Å². The van der Waals surface area contributed by atoms with Crippen LogP contribution in [0.3, 0.4) is 0 Å². The van der Waals surface area contributed by atoms with Gasteiger partial charge in [0.15, 0.2) is 0 Å². The van der Waals surface area contributed by atoms with Crippen molar-refractivity contribution in [2.75, 3.05) is 6.54 Å². The van der Waals surface area contributed by atoms with Crippen LogP contribution in [0.5, 0.6) is 0 Å². The van der Waals surface area contributed by atoms with Crippen LogP contribution in [0.25, 0.3) is 0 Å². The van der Waals surface area contributed by atoms with E-state index in [1.165, 1.54) is 16.7 Å². The number of likely N-dealkylation sites (tertiary alicyclic amines) is 1. The summed E-state index contributed by atoms with van der Waals surface area (Å²) in [6.07, 6.45) is 1.77. The summed E-state index contributed by atoms with van der Waals surface area (Å²) >= 11 is 0. The Kier molecular flexibility index (Phi) is 5.84. The molecule has 1 N–H and O–H groups in total. The Bertz CT molecular complexity index is 795. The highest BCUT2D eigenvalue weighted by molar-refractivity contribution is 5.50. The van der Waals surface area contributed by atoms with Crippen LogP contribution in [0.15, 0.2) is 91.0 Å². The van der Waals surface area contributed by atoms with Gasteiger partial charge in [-0.2, -0.15) is 0 Å². The van der Waals surface area contributed by atoms with Gasteiger partial charge in [-0.3, -0.25) is 4.90 Å². The van der Waals surface area contributed by atoms with Crippen LogP contribution in [0.1, 0.15) is 43.4 Å². The highest BCUT2D eigenvalue weighted by Gasteiger charge is 2.48. The fourth-order valence-electron chi connectivity index (χ4n) is 5.04. The van der Waals surface area contributed by atoms with Gasteiger partial charge in [0.05, 0.1) is 11.6 Å². The molecule has 0 saturated carbocycles. The monoisotopic (exact) mass is 385 g/mol. The van der Waals surface area contributed by atoms with Crippen molar-refractivity contribution in [2.45, 2.75) is 44.4 Å². The molecule has 0 bridgehead atoms. The van der Waals surface area contributed by atoms with Gasteiger partial charge < -0.3 is 5.11 Å². The van der Waals surface area contributed by atoms with Crippen LogP contribution in [-0.4, -0.2) is 28.7 Å². The summed E-state index contributed by atoms with van der Waals surface area (Å²) < 4.78 is 0. The molecule has 1 aliphatic heterocycles. The smallest absolute Gasteiger partial charge is 0.0976 e. The SMILES string of the molecule is CC(C)[C@@H](O)[C@@H]1CCCN1C(c1ccccc1)(c1ccccc1)c1ccccc1. The Morgan fingerprint density at radius 3 is 1.55 bits per heavy atom. The zero-order valence-corrected chi connectivity index (χ0v) is 17.4. The quantitative estimate of drug-likeness (QED) is 0.570. The number of benzene rings is 3. The third-order valence-corrected chi connectivity index (χ3v) is 6.38. The van der Waals surface area contributed by atoms with Crippen molar-refractivity contribution < 1.29 is 5.11 Å². The van der Waals surface area contributed by atoms with Crippen molar-refractivity contribution in [3.63, 3.8) is 0 Å². The highest BCUT2D eigenvalue weighted by atomic mass is 16.3. The maximum Gasteiger partial charge on any atom is 0.0976 e. The molecule has 1 saturated heterocycles. The van der Waals surface area contributed by atoms with Gasteiger partial charge in [-0.25, -0.2) is 0 Å². The van der Waals surface area contributed by atoms with Gasteiger partial charge in [0.25, 0.3) is 0 Å². The van der Waals surface area contributed by atoms with E-state index in [-0.39, 0.29) is 18.1 Å². The molecule has 3 aromatic carbocycles. The summed E-state index contributed by atoms with van der Waals surface area (Å²) in [7, 11) is 0. The van der Waals surface area contributed by atoms with E-state index >= 15 is 0 Å². The lowest BCUT2D eigenvalue weighted by atomic mass is 9.74. The average molecular weight is 386 g/mol. The second-order valence-electron chi connectivity index (χ2n) is 8.45. The molecule has 0 aliphatic carbocycles. The van der Waals surface area contributed by atoms with Crippen molar-refractivity contribution in [3.05, 3.63) is 108 Å². The Labute approximate surface area is 174 Å². The van der Waals surface area contributed by atoms with Crippen molar-refractivity contribution >= 4 is 0 Å². The van der Waals surface area contributed by atoms with Crippen LogP contribution < -0.4 is 0 Å². The second kappa shape index (κ2) is 8.52. The van der Waals surface area contributed by atoms with E-state index in [0.29, 0.717) is 0 Å². The molecule has 0 radical (unpaired) electrons. The largest absolute Gasteiger partial charge is 0.391 e. The molecule has 4 rings (SSSR count). The summed E-state index contributed by atoms with van der Waals surface area (Å²) in [5, 5.41) is 11.2. The summed E-state index contributed by atoms with van der Waals surface area (Å²) in [5.41, 5.74) is 3.32. The predicted octanol–water partition coefficient (Wildman–Crippen LogP) is 5.46. The van der Waals surface area contributed by atoms with Gasteiger partial charge in [-0.05, 0) is 35.4 Å². The van der Waals surface area contributed by atoms with Gasteiger partial charge >= 0.3 is 0 Å². The first-order valence-electron chi connectivity index (χ1n) is 10.8. The number of hydrogen-bond donors (Lipinski definition) is 1. The molecular formula is C27H31NO. The first-order chi connectivity index (χ1) is 14.2. The van der Waals surface area contributed by atoms with Crippen molar-refractivity contribution in [3.8, 4) is 0 Å². The molecule has 1 fully saturated rings. The second-order valence-corrected chi connectivity index (χ2v) is 8.45. The van der Waals surface area contributed by atoms with E-state index in [2.05, 4.69) is 110 Å². The number of rotatable bonds is 6. The molecule has 2 atom stereocenters. The van der Waals surface area contributed by atoms with Crippen LogP contribution in [0.2, 0.25) is 0 Å². The van der Waals surface area contributed by atoms with Gasteiger partial charge in [-0.1, -0.05) is 105 Å². The summed E-state index contributed by atoms with van der Waals surface area (Å²) in [6.45, 7) is 5.21. The number of aliphatic hydroxyl groups excluding tert-OH is 1. The maximum atomic E-state index is 11.2. The van der Waals surface area contributed by atoms with E-state index in [4.69, 9.17) is 0 Å². The summed E-state index contributed by atoms with van der Waals surface area (Å²) in [5.74, 6) is 0.223. The molecule has 2 heteroatoms. The normalized spacial score (nSPS) is 18.8. The third kappa shape index (κ3) is 3.52. The zero-order chi connectivity index (χ0) is 20.3. The standard InChI is InChI=1S/C27H31NO/c1-21(2)26(29)25-19-12-20-28(25)27(22-13-6-3-7-14-22,23-15-8-4-9-16-23)24-17-10-5-11-18-24/h3-11,13-18,21,25-26,29H,12,19-20H2,1-2H3/t25-,26+/m0/s1. The molecule has 0 amide bonds. The molecule has 1 heterocycles. The molecule has 0 unspecified atom stereocenters. The van der Waals surface area contributed by atoms with Gasteiger partial charge in [-0.15, -0.1) is 0 Å². The van der Waals surface area contributed by atoms with Gasteiger partial charge in [0.1, 0.15) is 0 Å². The van der Waals surface area contributed by atoms with Gasteiger partial charge in [0, 0.05) is 12.6 Å².